The number of para-hydroxylation sites is 1. The number of carbonyl (C=O) groups is 1. The van der Waals surface area contributed by atoms with Gasteiger partial charge >= 0.3 is 0 Å². The smallest absolute Gasteiger partial charge is 0.268 e. The van der Waals surface area contributed by atoms with Crippen molar-refractivity contribution in [1.29, 1.82) is 0 Å². The Morgan fingerprint density at radius 2 is 1.71 bits per heavy atom. The van der Waals surface area contributed by atoms with E-state index in [-0.39, 0.29) is 22.0 Å². The van der Waals surface area contributed by atoms with E-state index in [1.54, 1.807) is 13.0 Å². The lowest BCUT2D eigenvalue weighted by molar-refractivity contribution is -0.114. The van der Waals surface area contributed by atoms with Crippen LogP contribution in [0.15, 0.2) is 71.6 Å². The number of benzene rings is 3. The Morgan fingerprint density at radius 1 is 1.03 bits per heavy atom. The molecule has 0 heterocycles. The number of aryl methyl sites for hydroxylation is 1. The van der Waals surface area contributed by atoms with Crippen molar-refractivity contribution in [3.63, 3.8) is 0 Å². The summed E-state index contributed by atoms with van der Waals surface area (Å²) in [5.41, 5.74) is 0.639. The molecule has 9 heteroatoms. The molecule has 0 aromatic heterocycles. The number of amides is 1. The number of hydrogen-bond acceptors (Lipinski definition) is 4. The van der Waals surface area contributed by atoms with Crippen molar-refractivity contribution in [3.8, 4) is 5.75 Å². The van der Waals surface area contributed by atoms with Gasteiger partial charge in [0, 0.05) is 0 Å². The summed E-state index contributed by atoms with van der Waals surface area (Å²) >= 11 is 0. The molecule has 1 N–H and O–H groups in total. The van der Waals surface area contributed by atoms with Crippen LogP contribution in [-0.2, 0) is 14.8 Å². The Kier molecular flexibility index (Phi) is 6.55. The van der Waals surface area contributed by atoms with Gasteiger partial charge in [-0.2, -0.15) is 0 Å². The first kappa shape index (κ1) is 22.2. The Morgan fingerprint density at radius 3 is 2.35 bits per heavy atom. The van der Waals surface area contributed by atoms with E-state index in [4.69, 9.17) is 4.74 Å². The van der Waals surface area contributed by atoms with Crippen molar-refractivity contribution >= 4 is 27.3 Å². The van der Waals surface area contributed by atoms with Crippen LogP contribution < -0.4 is 14.4 Å². The summed E-state index contributed by atoms with van der Waals surface area (Å²) in [6.07, 6.45) is 0. The first-order valence-electron chi connectivity index (χ1n) is 9.19. The van der Waals surface area contributed by atoms with Gasteiger partial charge in [0.15, 0.2) is 0 Å². The van der Waals surface area contributed by atoms with E-state index in [1.807, 2.05) is 0 Å². The van der Waals surface area contributed by atoms with Crippen molar-refractivity contribution in [2.24, 2.45) is 0 Å². The number of nitrogens with zero attached hydrogens (tertiary/aromatic N) is 1. The van der Waals surface area contributed by atoms with E-state index in [1.165, 1.54) is 55.6 Å². The lowest BCUT2D eigenvalue weighted by Gasteiger charge is -2.25. The number of sulfonamides is 1. The van der Waals surface area contributed by atoms with Gasteiger partial charge in [-0.1, -0.05) is 18.2 Å². The molecule has 0 unspecified atom stereocenters. The van der Waals surface area contributed by atoms with E-state index < -0.39 is 34.1 Å². The van der Waals surface area contributed by atoms with E-state index in [2.05, 4.69) is 5.32 Å². The zero-order valence-electron chi connectivity index (χ0n) is 16.8. The van der Waals surface area contributed by atoms with Crippen LogP contribution in [0.2, 0.25) is 0 Å². The van der Waals surface area contributed by atoms with E-state index in [0.29, 0.717) is 5.56 Å². The number of hydrogen-bond donors (Lipinski definition) is 1. The number of carbonyl (C=O) groups excluding carboxylic acids is 1. The molecule has 0 aliphatic heterocycles. The first-order valence-corrected chi connectivity index (χ1v) is 10.6. The molecule has 162 valence electrons. The quantitative estimate of drug-likeness (QED) is 0.593. The average molecular weight is 446 g/mol. The molecule has 0 aliphatic carbocycles. The molecule has 0 aliphatic rings. The third-order valence-electron chi connectivity index (χ3n) is 4.44. The van der Waals surface area contributed by atoms with Crippen LogP contribution in [-0.4, -0.2) is 28.0 Å². The minimum atomic E-state index is -4.30. The SMILES string of the molecule is COc1ccc(C)cc1S(=O)(=O)N(CC(=O)Nc1ccccc1F)c1ccc(F)cc1. The van der Waals surface area contributed by atoms with Crippen LogP contribution in [0.3, 0.4) is 0 Å². The summed E-state index contributed by atoms with van der Waals surface area (Å²) in [7, 11) is -2.97. The molecule has 0 atom stereocenters. The predicted molar refractivity (Wildman–Crippen MR) is 114 cm³/mol. The topological polar surface area (TPSA) is 75.7 Å². The van der Waals surface area contributed by atoms with Gasteiger partial charge in [0.05, 0.1) is 18.5 Å². The average Bonchev–Trinajstić information content (AvgIpc) is 2.74. The summed E-state index contributed by atoms with van der Waals surface area (Å²) in [4.78, 5) is 12.5. The number of ether oxygens (including phenoxy) is 1. The lowest BCUT2D eigenvalue weighted by Crippen LogP contribution is -2.38. The molecule has 31 heavy (non-hydrogen) atoms. The molecule has 1 amide bonds. The highest BCUT2D eigenvalue weighted by molar-refractivity contribution is 7.93. The Hall–Kier alpha value is -3.46. The fourth-order valence-electron chi connectivity index (χ4n) is 2.91. The van der Waals surface area contributed by atoms with Crippen LogP contribution >= 0.6 is 0 Å². The van der Waals surface area contributed by atoms with Crippen LogP contribution in [0.1, 0.15) is 5.56 Å². The minimum Gasteiger partial charge on any atom is -0.495 e. The van der Waals surface area contributed by atoms with E-state index >= 15 is 0 Å². The van der Waals surface area contributed by atoms with Crippen molar-refractivity contribution in [2.45, 2.75) is 11.8 Å². The molecule has 0 radical (unpaired) electrons. The van der Waals surface area contributed by atoms with Crippen LogP contribution in [0.4, 0.5) is 20.2 Å². The fourth-order valence-corrected chi connectivity index (χ4v) is 4.57. The zero-order valence-corrected chi connectivity index (χ0v) is 17.6. The molecule has 3 aromatic carbocycles. The second-order valence-corrected chi connectivity index (χ2v) is 8.50. The van der Waals surface area contributed by atoms with Crippen LogP contribution in [0.5, 0.6) is 5.75 Å². The molecular formula is C22H20F2N2O4S. The second kappa shape index (κ2) is 9.13. The number of nitrogens with one attached hydrogen (secondary N) is 1. The van der Waals surface area contributed by atoms with Gasteiger partial charge in [-0.15, -0.1) is 0 Å². The van der Waals surface area contributed by atoms with Crippen LogP contribution in [0, 0.1) is 18.6 Å². The Labute approximate surface area is 179 Å². The van der Waals surface area contributed by atoms with Gasteiger partial charge in [0.1, 0.15) is 28.8 Å². The third-order valence-corrected chi connectivity index (χ3v) is 6.23. The molecule has 0 fully saturated rings. The minimum absolute atomic E-state index is 0.0636. The van der Waals surface area contributed by atoms with Gasteiger partial charge in [-0.05, 0) is 61.0 Å². The molecule has 0 saturated carbocycles. The van der Waals surface area contributed by atoms with E-state index in [0.717, 1.165) is 16.4 Å². The molecular weight excluding hydrogens is 426 g/mol. The van der Waals surface area contributed by atoms with Gasteiger partial charge in [0.25, 0.3) is 10.0 Å². The standard InChI is InChI=1S/C22H20F2N2O4S/c1-15-7-12-20(30-2)21(13-15)31(28,29)26(17-10-8-16(23)9-11-17)14-22(27)25-19-6-4-3-5-18(19)24/h3-13H,14H2,1-2H3,(H,25,27). The number of anilines is 2. The lowest BCUT2D eigenvalue weighted by atomic mass is 10.2. The fraction of sp³-hybridized carbons (Fsp3) is 0.136. The maximum atomic E-state index is 13.9. The van der Waals surface area contributed by atoms with Gasteiger partial charge in [-0.25, -0.2) is 17.2 Å². The maximum Gasteiger partial charge on any atom is 0.268 e. The zero-order chi connectivity index (χ0) is 22.6. The van der Waals surface area contributed by atoms with Crippen molar-refractivity contribution in [1.82, 2.24) is 0 Å². The second-order valence-electron chi connectivity index (χ2n) is 6.67. The molecule has 3 aromatic rings. The third kappa shape index (κ3) is 5.00. The van der Waals surface area contributed by atoms with Crippen molar-refractivity contribution < 1.29 is 26.7 Å². The summed E-state index contributed by atoms with van der Waals surface area (Å²) in [5.74, 6) is -1.91. The Bertz CT molecular complexity index is 1200. The number of rotatable bonds is 7. The highest BCUT2D eigenvalue weighted by atomic mass is 32.2. The highest BCUT2D eigenvalue weighted by Gasteiger charge is 2.30. The summed E-state index contributed by atoms with van der Waals surface area (Å²) in [5, 5.41) is 2.36. The summed E-state index contributed by atoms with van der Waals surface area (Å²) < 4.78 is 60.3. The van der Waals surface area contributed by atoms with E-state index in [9.17, 15) is 22.0 Å². The predicted octanol–water partition coefficient (Wildman–Crippen LogP) is 4.12. The van der Waals surface area contributed by atoms with Gasteiger partial charge in [-0.3, -0.25) is 9.10 Å². The Balaban J connectivity index is 2.03. The molecule has 0 bridgehead atoms. The normalized spacial score (nSPS) is 11.1. The number of methoxy groups -OCH3 is 1. The van der Waals surface area contributed by atoms with Crippen molar-refractivity contribution in [2.75, 3.05) is 23.3 Å². The van der Waals surface area contributed by atoms with Crippen molar-refractivity contribution in [3.05, 3.63) is 83.9 Å². The van der Waals surface area contributed by atoms with Gasteiger partial charge in [0.2, 0.25) is 5.91 Å². The highest BCUT2D eigenvalue weighted by Crippen LogP contribution is 2.31. The monoisotopic (exact) mass is 446 g/mol. The summed E-state index contributed by atoms with van der Waals surface area (Å²) in [6, 6.07) is 14.8. The summed E-state index contributed by atoms with van der Waals surface area (Å²) in [6.45, 7) is 1.05. The largest absolute Gasteiger partial charge is 0.495 e. The molecule has 3 rings (SSSR count). The van der Waals surface area contributed by atoms with Gasteiger partial charge < -0.3 is 10.1 Å². The molecule has 0 spiro atoms. The molecule has 6 nitrogen and oxygen atoms in total. The van der Waals surface area contributed by atoms with Crippen LogP contribution in [0.25, 0.3) is 0 Å². The molecule has 0 saturated heterocycles. The maximum absolute atomic E-state index is 13.9. The number of halogens is 2. The first-order chi connectivity index (χ1) is 14.7.